The Hall–Kier alpha value is -1.75. The lowest BCUT2D eigenvalue weighted by molar-refractivity contribution is 0.267. The number of nitrogens with two attached hydrogens (primary N) is 1. The lowest BCUT2D eigenvalue weighted by Crippen LogP contribution is -2.32. The number of nitrogens with one attached hydrogen (secondary N) is 1. The number of hydrogen-bond donors (Lipinski definition) is 2. The van der Waals surface area contributed by atoms with Crippen molar-refractivity contribution in [2.45, 2.75) is 6.04 Å². The zero-order chi connectivity index (χ0) is 14.4. The van der Waals surface area contributed by atoms with Gasteiger partial charge in [-0.25, -0.2) is 5.43 Å². The first-order valence-electron chi connectivity index (χ1n) is 6.21. The average Bonchev–Trinajstić information content (AvgIpc) is 2.48. The summed E-state index contributed by atoms with van der Waals surface area (Å²) in [6.45, 7) is 0.393. The van der Waals surface area contributed by atoms with Gasteiger partial charge in [0.05, 0.1) is 13.2 Å². The van der Waals surface area contributed by atoms with Crippen LogP contribution in [0.3, 0.4) is 0 Å². The highest BCUT2D eigenvalue weighted by atomic mass is 35.5. The summed E-state index contributed by atoms with van der Waals surface area (Å²) in [5.74, 6) is 7.09. The Labute approximate surface area is 123 Å². The van der Waals surface area contributed by atoms with Crippen molar-refractivity contribution in [1.29, 1.82) is 0 Å². The van der Waals surface area contributed by atoms with E-state index in [1.165, 1.54) is 0 Å². The van der Waals surface area contributed by atoms with Gasteiger partial charge in [0.25, 0.3) is 0 Å². The molecule has 2 rings (SSSR count). The van der Waals surface area contributed by atoms with E-state index in [1.807, 2.05) is 36.4 Å². The molecule has 1 atom stereocenters. The van der Waals surface area contributed by atoms with Crippen LogP contribution in [0.5, 0.6) is 11.5 Å². The Morgan fingerprint density at radius 1 is 1.15 bits per heavy atom. The maximum Gasteiger partial charge on any atom is 0.120 e. The van der Waals surface area contributed by atoms with Gasteiger partial charge in [0, 0.05) is 5.02 Å². The molecule has 0 heterocycles. The van der Waals surface area contributed by atoms with Crippen molar-refractivity contribution in [2.24, 2.45) is 5.84 Å². The molecule has 0 aliphatic carbocycles. The van der Waals surface area contributed by atoms with E-state index in [1.54, 1.807) is 19.2 Å². The zero-order valence-electron chi connectivity index (χ0n) is 11.2. The Morgan fingerprint density at radius 3 is 2.60 bits per heavy atom. The highest BCUT2D eigenvalue weighted by Gasteiger charge is 2.11. The molecular formula is C15H17ClN2O2. The van der Waals surface area contributed by atoms with Crippen molar-refractivity contribution in [1.82, 2.24) is 5.43 Å². The molecule has 0 spiro atoms. The van der Waals surface area contributed by atoms with Crippen LogP contribution in [-0.4, -0.2) is 13.7 Å². The molecule has 0 radical (unpaired) electrons. The van der Waals surface area contributed by atoms with Crippen LogP contribution in [0.15, 0.2) is 48.5 Å². The molecule has 0 aliphatic rings. The fourth-order valence-corrected chi connectivity index (χ4v) is 2.02. The van der Waals surface area contributed by atoms with Gasteiger partial charge in [-0.2, -0.15) is 0 Å². The van der Waals surface area contributed by atoms with Gasteiger partial charge in [0.1, 0.15) is 18.1 Å². The Bertz CT molecular complexity index is 563. The highest BCUT2D eigenvalue weighted by Crippen LogP contribution is 2.21. The molecule has 0 aliphatic heterocycles. The second-order valence-corrected chi connectivity index (χ2v) is 4.70. The van der Waals surface area contributed by atoms with Crippen LogP contribution < -0.4 is 20.7 Å². The number of ether oxygens (including phenoxy) is 2. The lowest BCUT2D eigenvalue weighted by Gasteiger charge is -2.18. The summed E-state index contributed by atoms with van der Waals surface area (Å²) in [6.07, 6.45) is 0. The van der Waals surface area contributed by atoms with Gasteiger partial charge in [-0.1, -0.05) is 29.8 Å². The van der Waals surface area contributed by atoms with Crippen LogP contribution in [-0.2, 0) is 0 Å². The van der Waals surface area contributed by atoms with Gasteiger partial charge in [-0.3, -0.25) is 5.84 Å². The quantitative estimate of drug-likeness (QED) is 0.635. The van der Waals surface area contributed by atoms with Gasteiger partial charge in [0.15, 0.2) is 0 Å². The zero-order valence-corrected chi connectivity index (χ0v) is 11.9. The molecule has 20 heavy (non-hydrogen) atoms. The molecule has 1 unspecified atom stereocenters. The van der Waals surface area contributed by atoms with E-state index in [9.17, 15) is 0 Å². The Morgan fingerprint density at radius 2 is 1.90 bits per heavy atom. The molecule has 0 saturated carbocycles. The van der Waals surface area contributed by atoms with Crippen molar-refractivity contribution in [3.63, 3.8) is 0 Å². The van der Waals surface area contributed by atoms with E-state index in [2.05, 4.69) is 5.43 Å². The van der Waals surface area contributed by atoms with Crippen LogP contribution in [0.25, 0.3) is 0 Å². The number of halogens is 1. The van der Waals surface area contributed by atoms with E-state index in [4.69, 9.17) is 26.9 Å². The number of rotatable bonds is 6. The summed E-state index contributed by atoms with van der Waals surface area (Å²) in [5.41, 5.74) is 3.74. The summed E-state index contributed by atoms with van der Waals surface area (Å²) < 4.78 is 10.9. The maximum absolute atomic E-state index is 5.91. The Kier molecular flexibility index (Phi) is 5.24. The molecule has 2 aromatic rings. The standard InChI is InChI=1S/C15H17ClN2O2/c1-19-13-6-2-4-11(8-13)15(18-17)10-20-14-7-3-5-12(16)9-14/h2-9,15,18H,10,17H2,1H3. The summed E-state index contributed by atoms with van der Waals surface area (Å²) in [4.78, 5) is 0. The second-order valence-electron chi connectivity index (χ2n) is 4.26. The number of benzene rings is 2. The summed E-state index contributed by atoms with van der Waals surface area (Å²) in [6, 6.07) is 14.8. The van der Waals surface area contributed by atoms with Crippen molar-refractivity contribution in [2.75, 3.05) is 13.7 Å². The van der Waals surface area contributed by atoms with Crippen LogP contribution in [0.4, 0.5) is 0 Å². The van der Waals surface area contributed by atoms with E-state index in [0.717, 1.165) is 11.3 Å². The first-order chi connectivity index (χ1) is 9.72. The first-order valence-corrected chi connectivity index (χ1v) is 6.59. The highest BCUT2D eigenvalue weighted by molar-refractivity contribution is 6.30. The predicted molar refractivity (Wildman–Crippen MR) is 80.0 cm³/mol. The molecule has 106 valence electrons. The monoisotopic (exact) mass is 292 g/mol. The molecule has 4 nitrogen and oxygen atoms in total. The average molecular weight is 293 g/mol. The molecule has 0 saturated heterocycles. The van der Waals surface area contributed by atoms with E-state index in [0.29, 0.717) is 17.4 Å². The molecule has 0 bridgehead atoms. The van der Waals surface area contributed by atoms with Gasteiger partial charge >= 0.3 is 0 Å². The van der Waals surface area contributed by atoms with Gasteiger partial charge < -0.3 is 9.47 Å². The van der Waals surface area contributed by atoms with Crippen LogP contribution in [0.2, 0.25) is 5.02 Å². The third kappa shape index (κ3) is 3.87. The largest absolute Gasteiger partial charge is 0.497 e. The number of hydrazine groups is 1. The van der Waals surface area contributed by atoms with Gasteiger partial charge in [0.2, 0.25) is 0 Å². The SMILES string of the molecule is COc1cccc(C(COc2cccc(Cl)c2)NN)c1. The minimum Gasteiger partial charge on any atom is -0.497 e. The van der Waals surface area contributed by atoms with Gasteiger partial charge in [-0.15, -0.1) is 0 Å². The third-order valence-corrected chi connectivity index (χ3v) is 3.15. The van der Waals surface area contributed by atoms with Crippen molar-refractivity contribution in [3.05, 3.63) is 59.1 Å². The van der Waals surface area contributed by atoms with E-state index >= 15 is 0 Å². The smallest absolute Gasteiger partial charge is 0.120 e. The van der Waals surface area contributed by atoms with Crippen molar-refractivity contribution in [3.8, 4) is 11.5 Å². The third-order valence-electron chi connectivity index (χ3n) is 2.91. The van der Waals surface area contributed by atoms with Crippen LogP contribution in [0, 0.1) is 0 Å². The minimum atomic E-state index is -0.135. The normalized spacial score (nSPS) is 11.9. The fourth-order valence-electron chi connectivity index (χ4n) is 1.84. The molecule has 0 amide bonds. The fraction of sp³-hybridized carbons (Fsp3) is 0.200. The predicted octanol–water partition coefficient (Wildman–Crippen LogP) is 2.93. The van der Waals surface area contributed by atoms with Crippen LogP contribution in [0.1, 0.15) is 11.6 Å². The molecule has 0 aromatic heterocycles. The van der Waals surface area contributed by atoms with Crippen LogP contribution >= 0.6 is 11.6 Å². The summed E-state index contributed by atoms with van der Waals surface area (Å²) >= 11 is 5.91. The van der Waals surface area contributed by atoms with Gasteiger partial charge in [-0.05, 0) is 35.9 Å². The van der Waals surface area contributed by atoms with Crippen molar-refractivity contribution < 1.29 is 9.47 Å². The van der Waals surface area contributed by atoms with E-state index in [-0.39, 0.29) is 6.04 Å². The molecule has 5 heteroatoms. The minimum absolute atomic E-state index is 0.135. The first kappa shape index (κ1) is 14.7. The maximum atomic E-state index is 5.91. The van der Waals surface area contributed by atoms with Crippen molar-refractivity contribution >= 4 is 11.6 Å². The lowest BCUT2D eigenvalue weighted by atomic mass is 10.1. The molecule has 0 fully saturated rings. The summed E-state index contributed by atoms with van der Waals surface area (Å²) in [7, 11) is 1.63. The topological polar surface area (TPSA) is 56.5 Å². The second kappa shape index (κ2) is 7.14. The number of methoxy groups -OCH3 is 1. The molecule has 3 N–H and O–H groups in total. The molecular weight excluding hydrogens is 276 g/mol. The Balaban J connectivity index is 2.05. The molecule has 2 aromatic carbocycles. The van der Waals surface area contributed by atoms with E-state index < -0.39 is 0 Å². The number of hydrogen-bond acceptors (Lipinski definition) is 4. The summed E-state index contributed by atoms with van der Waals surface area (Å²) in [5, 5.41) is 0.640.